The smallest absolute Gasteiger partial charge is 0.358 e. The van der Waals surface area contributed by atoms with Crippen LogP contribution in [0.3, 0.4) is 0 Å². The van der Waals surface area contributed by atoms with Gasteiger partial charge in [-0.15, -0.1) is 0 Å². The molecule has 0 saturated heterocycles. The summed E-state index contributed by atoms with van der Waals surface area (Å²) < 4.78 is 22.7. The van der Waals surface area contributed by atoms with Crippen molar-refractivity contribution in [2.24, 2.45) is 29.6 Å². The zero-order chi connectivity index (χ0) is 51.4. The largest absolute Gasteiger partial charge is 0.481 e. The summed E-state index contributed by atoms with van der Waals surface area (Å²) in [5.74, 6) is 2.01. The number of hydrogen-bond donors (Lipinski definition) is 4. The van der Waals surface area contributed by atoms with Gasteiger partial charge in [-0.3, -0.25) is 38.9 Å². The monoisotopic (exact) mass is 1010 g/mol. The van der Waals surface area contributed by atoms with Gasteiger partial charge in [0.2, 0.25) is 5.91 Å². The number of amides is 1. The van der Waals surface area contributed by atoms with E-state index in [1.165, 1.54) is 43.4 Å². The molecule has 23 heteroatoms. The third-order valence-electron chi connectivity index (χ3n) is 11.2. The van der Waals surface area contributed by atoms with Crippen molar-refractivity contribution in [3.05, 3.63) is 124 Å². The Morgan fingerprint density at radius 2 is 1.42 bits per heavy atom. The highest BCUT2D eigenvalue weighted by Crippen LogP contribution is 2.46. The molecule has 6 aromatic rings. The van der Waals surface area contributed by atoms with E-state index in [0.29, 0.717) is 31.0 Å². The van der Waals surface area contributed by atoms with Crippen LogP contribution in [0.2, 0.25) is 10.0 Å². The van der Waals surface area contributed by atoms with Gasteiger partial charge in [0, 0.05) is 36.3 Å². The molecular weight excluding hydrogens is 963 g/mol. The number of nitrogens with zero attached hydrogens (tertiary/aromatic N) is 7. The van der Waals surface area contributed by atoms with Crippen LogP contribution in [0.1, 0.15) is 71.5 Å². The van der Waals surface area contributed by atoms with Gasteiger partial charge in [0.1, 0.15) is 5.52 Å². The second kappa shape index (κ2) is 24.0. The number of fused-ring (bicyclic) bond motifs is 1. The minimum atomic E-state index is -0.900. The number of benzene rings is 1. The Balaban J connectivity index is 0.000000168. The summed E-state index contributed by atoms with van der Waals surface area (Å²) in [6, 6.07) is 23.4. The van der Waals surface area contributed by atoms with E-state index in [2.05, 4.69) is 54.2 Å². The lowest BCUT2D eigenvalue weighted by atomic mass is 10.1. The quantitative estimate of drug-likeness (QED) is 0.0541. The van der Waals surface area contributed by atoms with Crippen molar-refractivity contribution in [2.45, 2.75) is 45.6 Å². The maximum Gasteiger partial charge on any atom is 0.358 e. The molecule has 0 bridgehead atoms. The highest BCUT2D eigenvalue weighted by molar-refractivity contribution is 6.33. The minimum Gasteiger partial charge on any atom is -0.481 e. The summed E-state index contributed by atoms with van der Waals surface area (Å²) in [6.07, 6.45) is 8.36. The lowest BCUT2D eigenvalue weighted by Crippen LogP contribution is -2.28. The number of esters is 4. The second-order valence-corrected chi connectivity index (χ2v) is 16.8. The molecule has 3 aliphatic carbocycles. The predicted octanol–water partition coefficient (Wildman–Crippen LogP) is 6.14. The summed E-state index contributed by atoms with van der Waals surface area (Å²) in [5.41, 5.74) is 6.77. The highest BCUT2D eigenvalue weighted by atomic mass is 35.5. The zero-order valence-electron chi connectivity index (χ0n) is 38.9. The number of aliphatic carboxylic acids is 1. The van der Waals surface area contributed by atoms with Crippen molar-refractivity contribution in [1.82, 2.24) is 28.9 Å². The molecule has 1 amide bonds. The molecule has 1 aromatic carbocycles. The van der Waals surface area contributed by atoms with Crippen LogP contribution in [0.4, 0.5) is 5.82 Å². The van der Waals surface area contributed by atoms with Crippen molar-refractivity contribution < 1.29 is 52.8 Å². The Hall–Kier alpha value is -7.96. The molecule has 71 heavy (non-hydrogen) atoms. The van der Waals surface area contributed by atoms with Gasteiger partial charge in [-0.25, -0.2) is 19.1 Å². The molecule has 5 N–H and O–H groups in total. The zero-order valence-corrected chi connectivity index (χ0v) is 40.4. The van der Waals surface area contributed by atoms with Crippen molar-refractivity contribution in [3.63, 3.8) is 0 Å². The Kier molecular flexibility index (Phi) is 17.8. The molecule has 5 heterocycles. The number of carbonyl (C=O) groups excluding carboxylic acids is 5. The van der Waals surface area contributed by atoms with Crippen molar-refractivity contribution in [3.8, 4) is 17.2 Å². The summed E-state index contributed by atoms with van der Waals surface area (Å²) in [5, 5.41) is 26.2. The van der Waals surface area contributed by atoms with Gasteiger partial charge >= 0.3 is 29.8 Å². The molecule has 0 radical (unpaired) electrons. The van der Waals surface area contributed by atoms with Gasteiger partial charge in [-0.2, -0.15) is 10.4 Å². The van der Waals surface area contributed by atoms with E-state index < -0.39 is 35.7 Å². The minimum absolute atomic E-state index is 0.0187. The Morgan fingerprint density at radius 3 is 1.99 bits per heavy atom. The van der Waals surface area contributed by atoms with Gasteiger partial charge in [-0.1, -0.05) is 59.6 Å². The molecule has 3 saturated carbocycles. The third-order valence-corrected chi connectivity index (χ3v) is 11.8. The maximum atomic E-state index is 12.0. The van der Waals surface area contributed by atoms with E-state index >= 15 is 0 Å². The summed E-state index contributed by atoms with van der Waals surface area (Å²) in [6.45, 7) is 4.58. The Bertz CT molecular complexity index is 2900. The molecule has 3 aliphatic rings. The molecule has 9 rings (SSSR count). The number of aromatic nitrogens is 6. The second-order valence-electron chi connectivity index (χ2n) is 16.0. The molecule has 372 valence electrons. The molecule has 0 aliphatic heterocycles. The molecular formula is C48H50Cl2N10O11. The Morgan fingerprint density at radius 1 is 0.803 bits per heavy atom. The van der Waals surface area contributed by atoms with Crippen LogP contribution < -0.4 is 16.6 Å². The normalized spacial score (nSPS) is 18.7. The molecule has 6 atom stereocenters. The molecule has 0 spiro atoms. The van der Waals surface area contributed by atoms with E-state index in [1.807, 2.05) is 47.1 Å². The fourth-order valence-corrected chi connectivity index (χ4v) is 7.62. The number of anilines is 1. The number of methoxy groups -OCH3 is 2. The summed E-state index contributed by atoms with van der Waals surface area (Å²) >= 11 is 11.5. The van der Waals surface area contributed by atoms with Crippen LogP contribution in [0.25, 0.3) is 16.6 Å². The summed E-state index contributed by atoms with van der Waals surface area (Å²) in [7, 11) is 2.49. The van der Waals surface area contributed by atoms with Gasteiger partial charge in [-0.05, 0) is 69.0 Å². The van der Waals surface area contributed by atoms with Crippen molar-refractivity contribution in [1.29, 1.82) is 5.26 Å². The topological polar surface area (TPSA) is 286 Å². The number of halogens is 2. The number of carboxylic acid groups (broad SMARTS) is 1. The highest BCUT2D eigenvalue weighted by Gasteiger charge is 2.50. The third kappa shape index (κ3) is 13.2. The average Bonchev–Trinajstić information content (AvgIpc) is 4.33. The van der Waals surface area contributed by atoms with Crippen LogP contribution in [-0.2, 0) is 44.7 Å². The van der Waals surface area contributed by atoms with Crippen molar-refractivity contribution in [2.75, 3.05) is 44.0 Å². The molecule has 3 fully saturated rings. The SMILES string of the molecule is CCOC(=O)[C@@H]1C[C@H]1C(=O)Nn1ccc(Cl)c1C(=O)OC.CCOC(=O)[C@@H]1C[C@H]1C(=O)O.COC(=O)c1c(Cl)ccn1N.N#C[C@@H]1C[C@H]1c1nc(NCc2ccccn2)c2c(-c3ccccc3)ccn2n1. The van der Waals surface area contributed by atoms with Crippen LogP contribution >= 0.6 is 23.2 Å². The number of nitrogens with one attached hydrogen (secondary N) is 2. The van der Waals surface area contributed by atoms with Gasteiger partial charge < -0.3 is 35.2 Å². The number of nitriles is 1. The first kappa shape index (κ1) is 52.4. The van der Waals surface area contributed by atoms with Gasteiger partial charge in [0.25, 0.3) is 0 Å². The lowest BCUT2D eigenvalue weighted by molar-refractivity contribution is -0.148. The number of pyridine rings is 1. The van der Waals surface area contributed by atoms with Crippen molar-refractivity contribution >= 4 is 70.3 Å². The van der Waals surface area contributed by atoms with E-state index in [4.69, 9.17) is 49.0 Å². The average molecular weight is 1010 g/mol. The van der Waals surface area contributed by atoms with Crippen LogP contribution in [-0.4, -0.2) is 97.2 Å². The van der Waals surface area contributed by atoms with Crippen LogP contribution in [0.5, 0.6) is 0 Å². The first-order valence-electron chi connectivity index (χ1n) is 22.2. The van der Waals surface area contributed by atoms with E-state index in [1.54, 1.807) is 20.0 Å². The first-order chi connectivity index (χ1) is 34.1. The number of ether oxygens (including phenoxy) is 4. The molecule has 0 unspecified atom stereocenters. The number of carboxylic acids is 1. The fraction of sp³-hybridized carbons (Fsp3) is 0.333. The number of rotatable bonds is 14. The maximum absolute atomic E-state index is 12.0. The Labute approximate surface area is 416 Å². The number of nitrogen functional groups attached to an aromatic ring is 1. The number of carbonyl (C=O) groups is 6. The standard InChI is InChI=1S/C22H18N6.C13H15ClN2O5.C7H10O4.C6H7ClN2O2/c23-13-16-12-19(16)21-26-22(25-14-17-8-4-5-10-24-17)20-18(9-11-28(20)27-21)15-6-2-1-3-7-15;1-3-21-12(18)8-6-7(8)11(17)15-16-5-4-9(14)10(16)13(19)20-2;1-2-11-7(10)5-3-4(5)6(8)9;1-11-6(10)5-4(7)2-3-9(5)8/h1-11,16,19H,12,14H2,(H,25,26,27);4-5,7-8H,3,6H2,1-2H3,(H,15,17);4-5H,2-3H2,1H3,(H,8,9);2-3H,8H2,1H3/t16-,19+;7-,8-;4-,5-;/m011./s1. The predicted molar refractivity (Wildman–Crippen MR) is 257 cm³/mol. The summed E-state index contributed by atoms with van der Waals surface area (Å²) in [4.78, 5) is 76.3. The van der Waals surface area contributed by atoms with Gasteiger partial charge in [0.15, 0.2) is 23.0 Å². The van der Waals surface area contributed by atoms with Gasteiger partial charge in [0.05, 0.1) is 85.4 Å². The van der Waals surface area contributed by atoms with E-state index in [0.717, 1.165) is 45.1 Å². The van der Waals surface area contributed by atoms with E-state index in [-0.39, 0.29) is 58.6 Å². The number of nitrogens with two attached hydrogens (primary N) is 1. The lowest BCUT2D eigenvalue weighted by Gasteiger charge is -2.11. The first-order valence-corrected chi connectivity index (χ1v) is 22.9. The number of hydrogen-bond acceptors (Lipinski definition) is 16. The fourth-order valence-electron chi connectivity index (χ4n) is 7.16. The van der Waals surface area contributed by atoms with Crippen LogP contribution in [0, 0.1) is 40.9 Å². The van der Waals surface area contributed by atoms with Crippen LogP contribution in [0.15, 0.2) is 91.5 Å². The van der Waals surface area contributed by atoms with E-state index in [9.17, 15) is 34.0 Å². The molecule has 5 aromatic heterocycles. The molecule has 21 nitrogen and oxygen atoms in total.